The number of nitrogen functional groups attached to an aromatic ring is 1. The van der Waals surface area contributed by atoms with Crippen molar-refractivity contribution in [1.29, 1.82) is 0 Å². The number of rotatable bonds is 0. The third kappa shape index (κ3) is 3.40. The van der Waals surface area contributed by atoms with E-state index in [1.54, 1.807) is 0 Å². The molecule has 0 bridgehead atoms. The second-order valence-corrected chi connectivity index (χ2v) is 2.42. The Bertz CT molecular complexity index is 183. The Morgan fingerprint density at radius 1 is 1.09 bits per heavy atom. The van der Waals surface area contributed by atoms with Gasteiger partial charge in [-0.05, 0) is 37.1 Å². The molecule has 0 amide bonds. The molecule has 0 aliphatic carbocycles. The topological polar surface area (TPSA) is 43.1 Å². The third-order valence-corrected chi connectivity index (χ3v) is 1.24. The fourth-order valence-electron chi connectivity index (χ4n) is 1.01. The van der Waals surface area contributed by atoms with Crippen molar-refractivity contribution in [2.75, 3.05) is 5.73 Å². The molecule has 0 radical (unpaired) electrons. The predicted octanol–water partition coefficient (Wildman–Crippen LogP) is 1.70. The zero-order valence-electron chi connectivity index (χ0n) is 6.92. The van der Waals surface area contributed by atoms with Crippen LogP contribution >= 0.6 is 0 Å². The minimum Gasteiger partial charge on any atom is -0.399 e. The van der Waals surface area contributed by atoms with Gasteiger partial charge in [0.25, 0.3) is 0 Å². The van der Waals surface area contributed by atoms with Crippen LogP contribution in [0.3, 0.4) is 0 Å². The summed E-state index contributed by atoms with van der Waals surface area (Å²) in [4.78, 5) is 8.00. The van der Waals surface area contributed by atoms with E-state index in [1.807, 2.05) is 32.8 Å². The summed E-state index contributed by atoms with van der Waals surface area (Å²) in [5, 5.41) is 0. The molecule has 0 atom stereocenters. The number of aryl methyl sites for hydroxylation is 2. The van der Waals surface area contributed by atoms with Gasteiger partial charge in [-0.15, -0.1) is 0 Å². The first-order valence-corrected chi connectivity index (χ1v) is 3.31. The number of hydrogen-bond donors (Lipinski definition) is 1. The minimum absolute atomic E-state index is 0.854. The minimum atomic E-state index is 0.854. The maximum atomic E-state index is 8.00. The summed E-state index contributed by atoms with van der Waals surface area (Å²) in [5.74, 6) is 0. The molecule has 1 aromatic rings. The SMILES string of the molecule is C=O.Cc1cc(C)cc(N)c1. The number of carbonyl (C=O) groups is 1. The maximum absolute atomic E-state index is 8.00. The molecule has 0 spiro atoms. The second kappa shape index (κ2) is 4.50. The van der Waals surface area contributed by atoms with E-state index < -0.39 is 0 Å². The van der Waals surface area contributed by atoms with E-state index in [-0.39, 0.29) is 0 Å². The van der Waals surface area contributed by atoms with Crippen LogP contribution in [0, 0.1) is 13.8 Å². The van der Waals surface area contributed by atoms with Gasteiger partial charge < -0.3 is 10.5 Å². The highest BCUT2D eigenvalue weighted by Crippen LogP contribution is 2.08. The Labute approximate surface area is 67.0 Å². The molecule has 0 aliphatic rings. The van der Waals surface area contributed by atoms with Gasteiger partial charge in [-0.1, -0.05) is 6.07 Å². The third-order valence-electron chi connectivity index (χ3n) is 1.24. The largest absolute Gasteiger partial charge is 0.399 e. The zero-order valence-corrected chi connectivity index (χ0v) is 6.92. The van der Waals surface area contributed by atoms with Gasteiger partial charge in [0.1, 0.15) is 6.79 Å². The number of hydrogen-bond acceptors (Lipinski definition) is 2. The van der Waals surface area contributed by atoms with E-state index in [1.165, 1.54) is 11.1 Å². The normalized spacial score (nSPS) is 8.18. The lowest BCUT2D eigenvalue weighted by atomic mass is 10.1. The summed E-state index contributed by atoms with van der Waals surface area (Å²) >= 11 is 0. The molecule has 0 aliphatic heterocycles. The van der Waals surface area contributed by atoms with Gasteiger partial charge in [-0.3, -0.25) is 0 Å². The average molecular weight is 151 g/mol. The molecule has 2 nitrogen and oxygen atoms in total. The summed E-state index contributed by atoms with van der Waals surface area (Å²) in [6, 6.07) is 6.04. The van der Waals surface area contributed by atoms with Gasteiger partial charge in [0, 0.05) is 5.69 Å². The molecule has 0 aromatic heterocycles. The van der Waals surface area contributed by atoms with Crippen LogP contribution < -0.4 is 5.73 Å². The van der Waals surface area contributed by atoms with Crippen LogP contribution in [0.5, 0.6) is 0 Å². The molecular weight excluding hydrogens is 138 g/mol. The Morgan fingerprint density at radius 3 is 1.73 bits per heavy atom. The Balaban J connectivity index is 0.000000461. The monoisotopic (exact) mass is 151 g/mol. The number of benzene rings is 1. The number of nitrogens with two attached hydrogens (primary N) is 1. The van der Waals surface area contributed by atoms with Crippen LogP contribution in [0.2, 0.25) is 0 Å². The molecule has 2 heteroatoms. The van der Waals surface area contributed by atoms with Crippen LogP contribution in [0.4, 0.5) is 5.69 Å². The van der Waals surface area contributed by atoms with Gasteiger partial charge in [-0.2, -0.15) is 0 Å². The first-order chi connectivity index (χ1) is 5.18. The molecule has 60 valence electrons. The van der Waals surface area contributed by atoms with Crippen molar-refractivity contribution in [3.05, 3.63) is 29.3 Å². The fraction of sp³-hybridized carbons (Fsp3) is 0.222. The lowest BCUT2D eigenvalue weighted by Crippen LogP contribution is -1.86. The maximum Gasteiger partial charge on any atom is 0.106 e. The molecule has 11 heavy (non-hydrogen) atoms. The molecule has 0 heterocycles. The highest BCUT2D eigenvalue weighted by atomic mass is 16.1. The van der Waals surface area contributed by atoms with E-state index in [4.69, 9.17) is 10.5 Å². The first-order valence-electron chi connectivity index (χ1n) is 3.31. The van der Waals surface area contributed by atoms with Gasteiger partial charge in [-0.25, -0.2) is 0 Å². The number of anilines is 1. The van der Waals surface area contributed by atoms with Crippen LogP contribution in [0.15, 0.2) is 18.2 Å². The summed E-state index contributed by atoms with van der Waals surface area (Å²) in [5.41, 5.74) is 8.87. The zero-order chi connectivity index (χ0) is 8.85. The van der Waals surface area contributed by atoms with E-state index in [0.717, 1.165) is 5.69 Å². The van der Waals surface area contributed by atoms with Crippen molar-refractivity contribution in [2.24, 2.45) is 0 Å². The Hall–Kier alpha value is -1.31. The van der Waals surface area contributed by atoms with E-state index in [9.17, 15) is 0 Å². The Morgan fingerprint density at radius 2 is 1.45 bits per heavy atom. The molecule has 0 saturated heterocycles. The van der Waals surface area contributed by atoms with Crippen LogP contribution in [0.1, 0.15) is 11.1 Å². The van der Waals surface area contributed by atoms with Crippen LogP contribution in [-0.2, 0) is 4.79 Å². The highest BCUT2D eigenvalue weighted by Gasteiger charge is 1.87. The van der Waals surface area contributed by atoms with Gasteiger partial charge >= 0.3 is 0 Å². The molecule has 1 rings (SSSR count). The lowest BCUT2D eigenvalue weighted by molar-refractivity contribution is -0.0979. The average Bonchev–Trinajstić information content (AvgIpc) is 1.88. The van der Waals surface area contributed by atoms with Gasteiger partial charge in [0.2, 0.25) is 0 Å². The molecular formula is C9H13NO. The van der Waals surface area contributed by atoms with E-state index in [0.29, 0.717) is 0 Å². The fourth-order valence-corrected chi connectivity index (χ4v) is 1.01. The van der Waals surface area contributed by atoms with Crippen molar-refractivity contribution in [2.45, 2.75) is 13.8 Å². The van der Waals surface area contributed by atoms with Gasteiger partial charge in [0.15, 0.2) is 0 Å². The predicted molar refractivity (Wildman–Crippen MR) is 47.4 cm³/mol. The van der Waals surface area contributed by atoms with Crippen molar-refractivity contribution >= 4 is 12.5 Å². The smallest absolute Gasteiger partial charge is 0.106 e. The van der Waals surface area contributed by atoms with Crippen molar-refractivity contribution in [1.82, 2.24) is 0 Å². The standard InChI is InChI=1S/C8H11N.CH2O/c1-6-3-7(2)5-8(9)4-6;1-2/h3-5H,9H2,1-2H3;1H2. The summed E-state index contributed by atoms with van der Waals surface area (Å²) in [6.07, 6.45) is 0. The summed E-state index contributed by atoms with van der Waals surface area (Å²) < 4.78 is 0. The van der Waals surface area contributed by atoms with Crippen molar-refractivity contribution < 1.29 is 4.79 Å². The first kappa shape index (κ1) is 9.69. The quantitative estimate of drug-likeness (QED) is 0.573. The summed E-state index contributed by atoms with van der Waals surface area (Å²) in [7, 11) is 0. The molecule has 2 N–H and O–H groups in total. The molecule has 0 fully saturated rings. The van der Waals surface area contributed by atoms with E-state index in [2.05, 4.69) is 6.07 Å². The van der Waals surface area contributed by atoms with Crippen molar-refractivity contribution in [3.63, 3.8) is 0 Å². The van der Waals surface area contributed by atoms with E-state index >= 15 is 0 Å². The molecule has 0 saturated carbocycles. The molecule has 1 aromatic carbocycles. The lowest BCUT2D eigenvalue weighted by Gasteiger charge is -1.97. The number of carbonyl (C=O) groups excluding carboxylic acids is 1. The molecule has 0 unspecified atom stereocenters. The van der Waals surface area contributed by atoms with Gasteiger partial charge in [0.05, 0.1) is 0 Å². The van der Waals surface area contributed by atoms with Crippen LogP contribution in [0.25, 0.3) is 0 Å². The van der Waals surface area contributed by atoms with Crippen LogP contribution in [-0.4, -0.2) is 6.79 Å². The highest BCUT2D eigenvalue weighted by molar-refractivity contribution is 5.43. The van der Waals surface area contributed by atoms with Crippen molar-refractivity contribution in [3.8, 4) is 0 Å². The Kier molecular flexibility index (Phi) is 3.96. The second-order valence-electron chi connectivity index (χ2n) is 2.42. The summed E-state index contributed by atoms with van der Waals surface area (Å²) in [6.45, 7) is 6.09.